The van der Waals surface area contributed by atoms with Gasteiger partial charge in [-0.15, -0.1) is 11.3 Å². The molecule has 1 aliphatic carbocycles. The van der Waals surface area contributed by atoms with Crippen molar-refractivity contribution in [1.29, 1.82) is 0 Å². The Morgan fingerprint density at radius 2 is 2.00 bits per heavy atom. The number of aryl methyl sites for hydroxylation is 2. The third-order valence-electron chi connectivity index (χ3n) is 6.73. The Kier molecular flexibility index (Phi) is 7.44. The minimum absolute atomic E-state index is 0.220. The molecular formula is C28H34N4O4S. The lowest BCUT2D eigenvalue weighted by Gasteiger charge is -2.29. The summed E-state index contributed by atoms with van der Waals surface area (Å²) in [5, 5.41) is 3.37. The van der Waals surface area contributed by atoms with Crippen LogP contribution in [0.25, 0.3) is 11.7 Å². The second-order valence-corrected chi connectivity index (χ2v) is 11.6. The first-order chi connectivity index (χ1) is 17.8. The number of hydrogen-bond acceptors (Lipinski definition) is 8. The zero-order chi connectivity index (χ0) is 26.0. The third kappa shape index (κ3) is 6.10. The number of anilines is 1. The van der Waals surface area contributed by atoms with Crippen LogP contribution >= 0.6 is 11.3 Å². The van der Waals surface area contributed by atoms with Crippen molar-refractivity contribution in [2.75, 3.05) is 31.2 Å². The molecule has 0 amide bonds. The van der Waals surface area contributed by atoms with Crippen molar-refractivity contribution in [3.8, 4) is 0 Å². The number of fused-ring (bicyclic) bond motifs is 1. The molecule has 0 aromatic carbocycles. The number of carbonyl (C=O) groups excluding carboxylic acids is 1. The Morgan fingerprint density at radius 1 is 1.22 bits per heavy atom. The van der Waals surface area contributed by atoms with E-state index < -0.39 is 11.6 Å². The highest BCUT2D eigenvalue weighted by molar-refractivity contribution is 7.09. The van der Waals surface area contributed by atoms with Crippen molar-refractivity contribution in [1.82, 2.24) is 14.4 Å². The molecule has 5 rings (SSSR count). The fourth-order valence-electron chi connectivity index (χ4n) is 4.57. The molecule has 4 heterocycles. The summed E-state index contributed by atoms with van der Waals surface area (Å²) in [5.74, 6) is 0.720. The number of rotatable bonds is 7. The Bertz CT molecular complexity index is 1360. The molecule has 0 spiro atoms. The molecule has 8 nitrogen and oxygen atoms in total. The molecule has 0 bridgehead atoms. The van der Waals surface area contributed by atoms with Crippen molar-refractivity contribution >= 4 is 34.8 Å². The number of esters is 1. The number of pyridine rings is 1. The lowest BCUT2D eigenvalue weighted by molar-refractivity contribution is -0.148. The molecule has 196 valence electrons. The largest absolute Gasteiger partial charge is 0.457 e. The quantitative estimate of drug-likeness (QED) is 0.336. The summed E-state index contributed by atoms with van der Waals surface area (Å²) < 4.78 is 12.4. The summed E-state index contributed by atoms with van der Waals surface area (Å²) in [6.45, 7) is 7.81. The summed E-state index contributed by atoms with van der Waals surface area (Å²) in [6.07, 6.45) is 10.1. The van der Waals surface area contributed by atoms with Crippen LogP contribution in [0.5, 0.6) is 0 Å². The maximum absolute atomic E-state index is 13.5. The second kappa shape index (κ2) is 10.8. The van der Waals surface area contributed by atoms with Gasteiger partial charge in [-0.1, -0.05) is 6.42 Å². The fraction of sp³-hybridized carbons (Fsp3) is 0.500. The summed E-state index contributed by atoms with van der Waals surface area (Å²) in [4.78, 5) is 37.6. The van der Waals surface area contributed by atoms with Crippen LogP contribution in [0.15, 0.2) is 34.6 Å². The molecule has 0 radical (unpaired) electrons. The zero-order valence-corrected chi connectivity index (χ0v) is 22.6. The van der Waals surface area contributed by atoms with Gasteiger partial charge in [0.1, 0.15) is 17.1 Å². The number of aromatic nitrogens is 3. The normalized spacial score (nSPS) is 16.9. The van der Waals surface area contributed by atoms with Gasteiger partial charge in [0.05, 0.1) is 29.5 Å². The van der Waals surface area contributed by atoms with Crippen molar-refractivity contribution in [2.24, 2.45) is 0 Å². The van der Waals surface area contributed by atoms with E-state index in [1.54, 1.807) is 21.9 Å². The number of ether oxygens (including phenoxy) is 2. The molecule has 3 aromatic heterocycles. The van der Waals surface area contributed by atoms with Crippen LogP contribution in [0.3, 0.4) is 0 Å². The third-order valence-corrected chi connectivity index (χ3v) is 7.66. The van der Waals surface area contributed by atoms with E-state index in [-0.39, 0.29) is 5.56 Å². The van der Waals surface area contributed by atoms with E-state index in [0.29, 0.717) is 49.2 Å². The van der Waals surface area contributed by atoms with E-state index in [2.05, 4.69) is 5.38 Å². The van der Waals surface area contributed by atoms with Gasteiger partial charge in [0, 0.05) is 43.1 Å². The number of morpholine rings is 1. The highest BCUT2D eigenvalue weighted by Gasteiger charge is 2.23. The van der Waals surface area contributed by atoms with Gasteiger partial charge in [-0.25, -0.2) is 14.8 Å². The molecule has 1 saturated carbocycles. The van der Waals surface area contributed by atoms with Gasteiger partial charge in [-0.2, -0.15) is 0 Å². The van der Waals surface area contributed by atoms with Gasteiger partial charge < -0.3 is 14.4 Å². The molecule has 3 aromatic rings. The van der Waals surface area contributed by atoms with Crippen molar-refractivity contribution in [2.45, 2.75) is 64.4 Å². The van der Waals surface area contributed by atoms with Gasteiger partial charge in [0.15, 0.2) is 0 Å². The van der Waals surface area contributed by atoms with Gasteiger partial charge in [-0.05, 0) is 63.8 Å². The highest BCUT2D eigenvalue weighted by atomic mass is 32.1. The van der Waals surface area contributed by atoms with Crippen LogP contribution in [0.4, 0.5) is 5.82 Å². The zero-order valence-electron chi connectivity index (χ0n) is 21.7. The first kappa shape index (κ1) is 25.6. The second-order valence-electron chi connectivity index (χ2n) is 10.7. The minimum Gasteiger partial charge on any atom is -0.457 e. The summed E-state index contributed by atoms with van der Waals surface area (Å²) in [5.41, 5.74) is 2.48. The van der Waals surface area contributed by atoms with Crippen molar-refractivity contribution in [3.63, 3.8) is 0 Å². The number of carbonyl (C=O) groups is 1. The Morgan fingerprint density at radius 3 is 2.70 bits per heavy atom. The van der Waals surface area contributed by atoms with E-state index in [4.69, 9.17) is 19.4 Å². The molecule has 2 aliphatic rings. The minimum atomic E-state index is -0.612. The van der Waals surface area contributed by atoms with E-state index in [1.807, 2.05) is 37.8 Å². The number of nitrogens with zero attached hydrogens (tertiary/aromatic N) is 4. The van der Waals surface area contributed by atoms with E-state index in [1.165, 1.54) is 37.1 Å². The number of hydrogen-bond donors (Lipinski definition) is 0. The highest BCUT2D eigenvalue weighted by Crippen LogP contribution is 2.36. The van der Waals surface area contributed by atoms with E-state index in [0.717, 1.165) is 23.4 Å². The van der Waals surface area contributed by atoms with Gasteiger partial charge in [0.25, 0.3) is 5.56 Å². The molecule has 0 unspecified atom stereocenters. The monoisotopic (exact) mass is 522 g/mol. The topological polar surface area (TPSA) is 86.0 Å². The lowest BCUT2D eigenvalue weighted by atomic mass is 9.83. The Hall–Kier alpha value is -3.04. The first-order valence-corrected chi connectivity index (χ1v) is 13.9. The van der Waals surface area contributed by atoms with E-state index in [9.17, 15) is 9.59 Å². The molecule has 2 fully saturated rings. The predicted octanol–water partition coefficient (Wildman–Crippen LogP) is 4.40. The first-order valence-electron chi connectivity index (χ1n) is 13.0. The molecule has 1 saturated heterocycles. The van der Waals surface area contributed by atoms with Gasteiger partial charge in [-0.3, -0.25) is 9.20 Å². The average molecular weight is 523 g/mol. The SMILES string of the molecule is CC(C)(C)OC(=O)/C=C/c1c(N2CCOCC2)nc2cc(CCc3nc(C4CCC4)cs3)ccn2c1=O. The van der Waals surface area contributed by atoms with Crippen molar-refractivity contribution in [3.05, 3.63) is 62.0 Å². The van der Waals surface area contributed by atoms with Gasteiger partial charge >= 0.3 is 5.97 Å². The molecule has 0 atom stereocenters. The summed E-state index contributed by atoms with van der Waals surface area (Å²) in [7, 11) is 0. The van der Waals surface area contributed by atoms with Crippen LogP contribution in [0, 0.1) is 0 Å². The molecular weight excluding hydrogens is 488 g/mol. The summed E-state index contributed by atoms with van der Waals surface area (Å²) in [6, 6.07) is 3.94. The van der Waals surface area contributed by atoms with Crippen molar-refractivity contribution < 1.29 is 14.3 Å². The Labute approximate surface area is 221 Å². The maximum Gasteiger partial charge on any atom is 0.331 e. The standard InChI is InChI=1S/C28H34N4O4S/c1-28(2,3)36-25(33)10-8-21-26(31-13-15-35-16-14-31)30-23-17-19(11-12-32(23)27(21)34)7-9-24-29-22(18-37-24)20-5-4-6-20/h8,10-12,17-18,20H,4-7,9,13-16H2,1-3H3/b10-8+. The van der Waals surface area contributed by atoms with Crippen LogP contribution in [-0.4, -0.2) is 52.2 Å². The van der Waals surface area contributed by atoms with Crippen LogP contribution in [0.1, 0.15) is 67.8 Å². The Balaban J connectivity index is 1.42. The molecule has 9 heteroatoms. The van der Waals surface area contributed by atoms with E-state index >= 15 is 0 Å². The molecule has 1 aliphatic heterocycles. The molecule has 37 heavy (non-hydrogen) atoms. The predicted molar refractivity (Wildman–Crippen MR) is 145 cm³/mol. The summed E-state index contributed by atoms with van der Waals surface area (Å²) >= 11 is 1.74. The average Bonchev–Trinajstić information content (AvgIpc) is 3.28. The number of thiazole rings is 1. The smallest absolute Gasteiger partial charge is 0.331 e. The van der Waals surface area contributed by atoms with Crippen LogP contribution in [-0.2, 0) is 27.1 Å². The fourth-order valence-corrected chi connectivity index (χ4v) is 5.45. The lowest BCUT2D eigenvalue weighted by Crippen LogP contribution is -2.38. The van der Waals surface area contributed by atoms with Crippen LogP contribution < -0.4 is 10.5 Å². The maximum atomic E-state index is 13.5. The molecule has 0 N–H and O–H groups in total. The van der Waals surface area contributed by atoms with Gasteiger partial charge in [0.2, 0.25) is 0 Å². The van der Waals surface area contributed by atoms with Crippen LogP contribution in [0.2, 0.25) is 0 Å².